The second-order valence-corrected chi connectivity index (χ2v) is 7.53. The summed E-state index contributed by atoms with van der Waals surface area (Å²) in [5.41, 5.74) is 1.23. The number of fused-ring (bicyclic) bond motifs is 1. The van der Waals surface area contributed by atoms with E-state index in [0.717, 1.165) is 9.87 Å². The quantitative estimate of drug-likeness (QED) is 0.890. The van der Waals surface area contributed by atoms with E-state index in [0.29, 0.717) is 5.82 Å². The lowest BCUT2D eigenvalue weighted by Gasteiger charge is -2.30. The average Bonchev–Trinajstić information content (AvgIpc) is 2.53. The summed E-state index contributed by atoms with van der Waals surface area (Å²) in [7, 11) is -0.400. The SMILES string of the molecule is Cc1ccc(S(=O)(=O)N2CC(=O)Nc3c(N(C)C)ncnc32)cc1. The predicted molar refractivity (Wildman–Crippen MR) is 90.7 cm³/mol. The maximum absolute atomic E-state index is 13.0. The van der Waals surface area contributed by atoms with Gasteiger partial charge in [0.2, 0.25) is 5.91 Å². The van der Waals surface area contributed by atoms with E-state index >= 15 is 0 Å². The van der Waals surface area contributed by atoms with Crippen molar-refractivity contribution in [2.24, 2.45) is 0 Å². The van der Waals surface area contributed by atoms with Gasteiger partial charge >= 0.3 is 0 Å². The molecule has 3 rings (SSSR count). The van der Waals surface area contributed by atoms with Crippen LogP contribution in [0.5, 0.6) is 0 Å². The molecule has 1 aromatic heterocycles. The van der Waals surface area contributed by atoms with Crippen LogP contribution in [0, 0.1) is 6.92 Å². The Morgan fingerprint density at radius 3 is 2.46 bits per heavy atom. The summed E-state index contributed by atoms with van der Waals surface area (Å²) in [5, 5.41) is 2.66. The molecule has 1 aromatic carbocycles. The molecule has 0 aliphatic carbocycles. The summed E-state index contributed by atoms with van der Waals surface area (Å²) >= 11 is 0. The highest BCUT2D eigenvalue weighted by molar-refractivity contribution is 7.92. The summed E-state index contributed by atoms with van der Waals surface area (Å²) in [4.78, 5) is 22.0. The summed E-state index contributed by atoms with van der Waals surface area (Å²) in [6.45, 7) is 1.55. The van der Waals surface area contributed by atoms with Crippen LogP contribution in [0.3, 0.4) is 0 Å². The first-order valence-corrected chi connectivity index (χ1v) is 8.66. The smallest absolute Gasteiger partial charge is 0.266 e. The van der Waals surface area contributed by atoms with E-state index in [1.54, 1.807) is 31.1 Å². The molecule has 0 spiro atoms. The van der Waals surface area contributed by atoms with Crippen LogP contribution < -0.4 is 14.5 Å². The van der Waals surface area contributed by atoms with Gasteiger partial charge in [0.1, 0.15) is 18.6 Å². The van der Waals surface area contributed by atoms with Crippen LogP contribution >= 0.6 is 0 Å². The Kier molecular flexibility index (Phi) is 3.88. The zero-order valence-corrected chi connectivity index (χ0v) is 14.3. The number of aryl methyl sites for hydroxylation is 1. The molecule has 8 nitrogen and oxygen atoms in total. The number of hydrogen-bond donors (Lipinski definition) is 1. The molecule has 2 aromatic rings. The van der Waals surface area contributed by atoms with E-state index in [1.807, 2.05) is 6.92 Å². The van der Waals surface area contributed by atoms with E-state index in [1.165, 1.54) is 18.5 Å². The van der Waals surface area contributed by atoms with Crippen molar-refractivity contribution in [3.63, 3.8) is 0 Å². The van der Waals surface area contributed by atoms with Crippen LogP contribution in [0.1, 0.15) is 5.56 Å². The second-order valence-electron chi connectivity index (χ2n) is 5.66. The molecule has 0 fully saturated rings. The van der Waals surface area contributed by atoms with E-state index in [9.17, 15) is 13.2 Å². The van der Waals surface area contributed by atoms with Crippen molar-refractivity contribution < 1.29 is 13.2 Å². The van der Waals surface area contributed by atoms with Crippen LogP contribution in [0.15, 0.2) is 35.5 Å². The molecule has 1 aliphatic heterocycles. The molecule has 0 saturated carbocycles. The Morgan fingerprint density at radius 2 is 1.83 bits per heavy atom. The van der Waals surface area contributed by atoms with Crippen molar-refractivity contribution in [2.75, 3.05) is 35.2 Å². The summed E-state index contributed by atoms with van der Waals surface area (Å²) in [6.07, 6.45) is 1.28. The topological polar surface area (TPSA) is 95.5 Å². The van der Waals surface area contributed by atoms with Crippen molar-refractivity contribution in [1.29, 1.82) is 0 Å². The Bertz CT molecular complexity index is 894. The molecule has 1 N–H and O–H groups in total. The van der Waals surface area contributed by atoms with E-state index in [4.69, 9.17) is 0 Å². The van der Waals surface area contributed by atoms with Gasteiger partial charge in [-0.15, -0.1) is 0 Å². The third kappa shape index (κ3) is 2.67. The number of nitrogens with zero attached hydrogens (tertiary/aromatic N) is 4. The summed E-state index contributed by atoms with van der Waals surface area (Å²) < 4.78 is 26.9. The first-order chi connectivity index (χ1) is 11.3. The Morgan fingerprint density at radius 1 is 1.17 bits per heavy atom. The number of carbonyl (C=O) groups excluding carboxylic acids is 1. The normalized spacial score (nSPS) is 14.1. The molecule has 2 heterocycles. The van der Waals surface area contributed by atoms with E-state index < -0.39 is 15.9 Å². The van der Waals surface area contributed by atoms with Crippen LogP contribution in [-0.4, -0.2) is 44.9 Å². The van der Waals surface area contributed by atoms with Gasteiger partial charge in [0.25, 0.3) is 10.0 Å². The van der Waals surface area contributed by atoms with Crippen LogP contribution in [0.25, 0.3) is 0 Å². The highest BCUT2D eigenvalue weighted by Gasteiger charge is 2.35. The van der Waals surface area contributed by atoms with Gasteiger partial charge in [-0.25, -0.2) is 22.7 Å². The van der Waals surface area contributed by atoms with E-state index in [2.05, 4.69) is 15.3 Å². The van der Waals surface area contributed by atoms with Crippen molar-refractivity contribution in [3.05, 3.63) is 36.2 Å². The molecular formula is C15H17N5O3S. The summed E-state index contributed by atoms with van der Waals surface area (Å²) in [6, 6.07) is 6.46. The van der Waals surface area contributed by atoms with Crippen LogP contribution in [0.2, 0.25) is 0 Å². The van der Waals surface area contributed by atoms with Crippen molar-refractivity contribution in [3.8, 4) is 0 Å². The van der Waals surface area contributed by atoms with Gasteiger partial charge in [-0.2, -0.15) is 0 Å². The Balaban J connectivity index is 2.15. The number of benzene rings is 1. The monoisotopic (exact) mass is 347 g/mol. The number of hydrogen-bond acceptors (Lipinski definition) is 6. The molecular weight excluding hydrogens is 330 g/mol. The average molecular weight is 347 g/mol. The molecule has 0 saturated heterocycles. The van der Waals surface area contributed by atoms with Gasteiger partial charge in [-0.3, -0.25) is 4.79 Å². The summed E-state index contributed by atoms with van der Waals surface area (Å²) in [5.74, 6) is 0.169. The number of nitrogens with one attached hydrogen (secondary N) is 1. The highest BCUT2D eigenvalue weighted by Crippen LogP contribution is 2.36. The minimum absolute atomic E-state index is 0.110. The fourth-order valence-corrected chi connectivity index (χ4v) is 3.82. The molecule has 24 heavy (non-hydrogen) atoms. The van der Waals surface area contributed by atoms with Crippen molar-refractivity contribution >= 4 is 33.3 Å². The van der Waals surface area contributed by atoms with Gasteiger partial charge in [0.15, 0.2) is 11.6 Å². The maximum atomic E-state index is 13.0. The number of carbonyl (C=O) groups is 1. The van der Waals surface area contributed by atoms with Gasteiger partial charge in [0.05, 0.1) is 4.90 Å². The maximum Gasteiger partial charge on any atom is 0.266 e. The molecule has 0 bridgehead atoms. The highest BCUT2D eigenvalue weighted by atomic mass is 32.2. The fourth-order valence-electron chi connectivity index (χ4n) is 2.43. The minimum Gasteiger partial charge on any atom is -0.361 e. The largest absolute Gasteiger partial charge is 0.361 e. The standard InChI is InChI=1S/C15H17N5O3S/c1-10-4-6-11(7-5-10)24(22,23)20-8-12(21)18-13-14(19(2)3)16-9-17-15(13)20/h4-7,9H,8H2,1-3H3,(H,18,21). The molecule has 0 atom stereocenters. The Hall–Kier alpha value is -2.68. The fraction of sp³-hybridized carbons (Fsp3) is 0.267. The lowest BCUT2D eigenvalue weighted by atomic mass is 10.2. The van der Waals surface area contributed by atoms with Crippen LogP contribution in [-0.2, 0) is 14.8 Å². The molecule has 9 heteroatoms. The zero-order chi connectivity index (χ0) is 17.5. The second kappa shape index (κ2) is 5.75. The van der Waals surface area contributed by atoms with E-state index in [-0.39, 0.29) is 22.9 Å². The number of sulfonamides is 1. The first kappa shape index (κ1) is 16.2. The molecule has 0 radical (unpaired) electrons. The zero-order valence-electron chi connectivity index (χ0n) is 13.5. The number of anilines is 3. The number of rotatable bonds is 3. The molecule has 1 amide bonds. The molecule has 1 aliphatic rings. The predicted octanol–water partition coefficient (Wildman–Crippen LogP) is 0.998. The number of amides is 1. The third-order valence-electron chi connectivity index (χ3n) is 3.63. The molecule has 0 unspecified atom stereocenters. The minimum atomic E-state index is -3.90. The van der Waals surface area contributed by atoms with Crippen LogP contribution in [0.4, 0.5) is 17.3 Å². The third-order valence-corrected chi connectivity index (χ3v) is 5.38. The van der Waals surface area contributed by atoms with Gasteiger partial charge in [-0.1, -0.05) is 17.7 Å². The molecule has 126 valence electrons. The van der Waals surface area contributed by atoms with Gasteiger partial charge in [-0.05, 0) is 19.1 Å². The van der Waals surface area contributed by atoms with Crippen molar-refractivity contribution in [1.82, 2.24) is 9.97 Å². The van der Waals surface area contributed by atoms with Crippen molar-refractivity contribution in [2.45, 2.75) is 11.8 Å². The van der Waals surface area contributed by atoms with Gasteiger partial charge in [0, 0.05) is 14.1 Å². The lowest BCUT2D eigenvalue weighted by Crippen LogP contribution is -2.43. The Labute approximate surface area is 140 Å². The number of aromatic nitrogens is 2. The lowest BCUT2D eigenvalue weighted by molar-refractivity contribution is -0.115. The van der Waals surface area contributed by atoms with Gasteiger partial charge < -0.3 is 10.2 Å². The first-order valence-electron chi connectivity index (χ1n) is 7.22.